The summed E-state index contributed by atoms with van der Waals surface area (Å²) in [4.78, 5) is 36.2. The number of carbonyl (C=O) groups excluding carboxylic acids is 3. The predicted molar refractivity (Wildman–Crippen MR) is 203 cm³/mol. The molecule has 1 aromatic rings. The molecule has 0 aliphatic heterocycles. The van der Waals surface area contributed by atoms with Crippen LogP contribution in [-0.2, 0) is 25.5 Å². The van der Waals surface area contributed by atoms with Crippen molar-refractivity contribution in [3.63, 3.8) is 0 Å². The van der Waals surface area contributed by atoms with Gasteiger partial charge in [-0.1, -0.05) is 89.3 Å². The molecule has 278 valence electrons. The second kappa shape index (κ2) is 17.6. The van der Waals surface area contributed by atoms with Crippen LogP contribution in [0.4, 0.5) is 0 Å². The van der Waals surface area contributed by atoms with Crippen LogP contribution < -0.4 is 10.6 Å². The smallest absolute Gasteiger partial charge is 0.221 e. The van der Waals surface area contributed by atoms with Gasteiger partial charge in [0.25, 0.3) is 0 Å². The van der Waals surface area contributed by atoms with Crippen molar-refractivity contribution in [2.45, 2.75) is 143 Å². The molecule has 0 heterocycles. The Labute approximate surface area is 307 Å². The normalized spacial score (nSPS) is 31.5. The van der Waals surface area contributed by atoms with Gasteiger partial charge in [-0.15, -0.1) is 0 Å². The fourth-order valence-electron chi connectivity index (χ4n) is 10.9. The number of benzene rings is 1. The third-order valence-electron chi connectivity index (χ3n) is 13.7. The molecule has 0 spiro atoms. The van der Waals surface area contributed by atoms with Crippen LogP contribution in [0.3, 0.4) is 0 Å². The van der Waals surface area contributed by atoms with Gasteiger partial charge in [-0.2, -0.15) is 0 Å². The van der Waals surface area contributed by atoms with Crippen LogP contribution in [0.15, 0.2) is 35.9 Å². The summed E-state index contributed by atoms with van der Waals surface area (Å²) in [6.45, 7) is 13.7. The number of hydrogen-bond donors (Lipinski definition) is 2. The van der Waals surface area contributed by atoms with E-state index in [1.165, 1.54) is 57.8 Å². The lowest BCUT2D eigenvalue weighted by molar-refractivity contribution is -0.127. The van der Waals surface area contributed by atoms with E-state index in [1.807, 2.05) is 12.1 Å². The Kier molecular flexibility index (Phi) is 13.7. The van der Waals surface area contributed by atoms with Gasteiger partial charge < -0.3 is 20.2 Å². The van der Waals surface area contributed by atoms with Crippen LogP contribution in [0.1, 0.15) is 130 Å². The summed E-state index contributed by atoms with van der Waals surface area (Å²) in [5, 5.41) is 6.26. The predicted octanol–water partition coefficient (Wildman–Crippen LogP) is 9.28. The van der Waals surface area contributed by atoms with Gasteiger partial charge in [0.1, 0.15) is 6.29 Å². The molecule has 0 radical (unpaired) electrons. The first kappa shape index (κ1) is 39.0. The van der Waals surface area contributed by atoms with Crippen molar-refractivity contribution in [1.82, 2.24) is 10.6 Å². The number of aldehydes is 1. The minimum absolute atomic E-state index is 0.0449. The Hall–Kier alpha value is -2.18. The molecule has 0 bridgehead atoms. The largest absolute Gasteiger partial charge is 0.378 e. The molecule has 9 atom stereocenters. The number of hydrogen-bond acceptors (Lipinski definition) is 4. The first-order valence-corrected chi connectivity index (χ1v) is 20.4. The SMILES string of the molecule is CC(C)CCC[C@@H](C)[C@H]1CCC2C3CC=C4C[C@@H](OCCCNC(=O)CCC(=O)N[C@H](C=O)Cc5ccc(Cl)cc5)CC[C@]4(C)C3CC[C@@]21C. The van der Waals surface area contributed by atoms with Gasteiger partial charge in [0.05, 0.1) is 12.1 Å². The lowest BCUT2D eigenvalue weighted by Crippen LogP contribution is -2.51. The van der Waals surface area contributed by atoms with E-state index in [9.17, 15) is 14.4 Å². The van der Waals surface area contributed by atoms with E-state index in [-0.39, 0.29) is 30.8 Å². The van der Waals surface area contributed by atoms with Crippen LogP contribution in [0.25, 0.3) is 0 Å². The number of fused-ring (bicyclic) bond motifs is 5. The van der Waals surface area contributed by atoms with Crippen molar-refractivity contribution in [2.24, 2.45) is 46.3 Å². The Morgan fingerprint density at radius 3 is 2.46 bits per heavy atom. The highest BCUT2D eigenvalue weighted by Gasteiger charge is 2.59. The number of allylic oxidation sites excluding steroid dienone is 1. The van der Waals surface area contributed by atoms with E-state index in [0.717, 1.165) is 66.6 Å². The highest BCUT2D eigenvalue weighted by atomic mass is 35.5. The molecule has 2 amide bonds. The van der Waals surface area contributed by atoms with E-state index < -0.39 is 6.04 Å². The summed E-state index contributed by atoms with van der Waals surface area (Å²) in [7, 11) is 0. The maximum Gasteiger partial charge on any atom is 0.221 e. The molecule has 3 saturated carbocycles. The van der Waals surface area contributed by atoms with Gasteiger partial charge in [-0.25, -0.2) is 0 Å². The number of amides is 2. The average molecular weight is 709 g/mol. The molecular weight excluding hydrogens is 644 g/mol. The molecule has 50 heavy (non-hydrogen) atoms. The number of nitrogens with one attached hydrogen (secondary N) is 2. The minimum Gasteiger partial charge on any atom is -0.378 e. The summed E-state index contributed by atoms with van der Waals surface area (Å²) in [5.74, 6) is 4.67. The zero-order valence-electron chi connectivity index (χ0n) is 31.6. The zero-order valence-corrected chi connectivity index (χ0v) is 32.4. The van der Waals surface area contributed by atoms with Crippen molar-refractivity contribution in [3.05, 3.63) is 46.5 Å². The van der Waals surface area contributed by atoms with Crippen LogP contribution in [0, 0.1) is 46.3 Å². The summed E-state index contributed by atoms with van der Waals surface area (Å²) in [5.41, 5.74) is 3.42. The molecule has 4 aliphatic rings. The molecule has 5 rings (SSSR count). The lowest BCUT2D eigenvalue weighted by Gasteiger charge is -2.58. The second-order valence-electron chi connectivity index (χ2n) is 17.4. The summed E-state index contributed by atoms with van der Waals surface area (Å²) in [6.07, 6.45) is 19.4. The molecule has 6 nitrogen and oxygen atoms in total. The Balaban J connectivity index is 0.997. The van der Waals surface area contributed by atoms with Crippen molar-refractivity contribution in [3.8, 4) is 0 Å². The van der Waals surface area contributed by atoms with E-state index in [4.69, 9.17) is 16.3 Å². The fraction of sp³-hybridized carbons (Fsp3) is 0.744. The molecular formula is C43H65ClN2O4. The monoisotopic (exact) mass is 708 g/mol. The third kappa shape index (κ3) is 9.43. The van der Waals surface area contributed by atoms with Gasteiger partial charge in [-0.3, -0.25) is 9.59 Å². The Morgan fingerprint density at radius 1 is 0.960 bits per heavy atom. The summed E-state index contributed by atoms with van der Waals surface area (Å²) < 4.78 is 6.38. The maximum atomic E-state index is 12.4. The first-order valence-electron chi connectivity index (χ1n) is 20.0. The Bertz CT molecular complexity index is 1330. The maximum absolute atomic E-state index is 12.4. The molecule has 0 aromatic heterocycles. The average Bonchev–Trinajstić information content (AvgIpc) is 3.45. The topological polar surface area (TPSA) is 84.5 Å². The Morgan fingerprint density at radius 2 is 1.72 bits per heavy atom. The first-order chi connectivity index (χ1) is 23.9. The van der Waals surface area contributed by atoms with Crippen LogP contribution in [-0.4, -0.2) is 43.4 Å². The van der Waals surface area contributed by atoms with E-state index in [0.29, 0.717) is 35.4 Å². The van der Waals surface area contributed by atoms with Gasteiger partial charge in [0.2, 0.25) is 11.8 Å². The number of carbonyl (C=O) groups is 3. The van der Waals surface area contributed by atoms with Crippen molar-refractivity contribution < 1.29 is 19.1 Å². The standard InChI is InChI=1S/C43H65ClN2O4/c1-29(2)8-6-9-30(3)37-16-17-38-36-15-12-32-27-35(20-22-42(32,4)39(36)21-23-43(37,38)5)50-25-7-24-45-40(48)18-19-41(49)46-34(28-47)26-31-10-13-33(44)14-11-31/h10-14,28-30,34-39H,6-9,15-27H2,1-5H3,(H,45,48)(H,46,49)/t30-,34+,35+,36?,37-,38?,39?,42+,43-/m1/s1. The van der Waals surface area contributed by atoms with Gasteiger partial charge in [-0.05, 0) is 128 Å². The molecule has 2 N–H and O–H groups in total. The second-order valence-corrected chi connectivity index (χ2v) is 17.8. The van der Waals surface area contributed by atoms with Gasteiger partial charge in [0.15, 0.2) is 0 Å². The van der Waals surface area contributed by atoms with E-state index in [2.05, 4.69) is 51.3 Å². The number of rotatable bonds is 17. The van der Waals surface area contributed by atoms with E-state index in [1.54, 1.807) is 17.7 Å². The van der Waals surface area contributed by atoms with Crippen molar-refractivity contribution in [2.75, 3.05) is 13.2 Å². The number of halogens is 1. The fourth-order valence-corrected chi connectivity index (χ4v) is 11.1. The molecule has 4 aliphatic carbocycles. The lowest BCUT2D eigenvalue weighted by atomic mass is 9.47. The van der Waals surface area contributed by atoms with Crippen molar-refractivity contribution in [1.29, 1.82) is 0 Å². The van der Waals surface area contributed by atoms with Crippen LogP contribution in [0.5, 0.6) is 0 Å². The highest BCUT2D eigenvalue weighted by Crippen LogP contribution is 2.67. The van der Waals surface area contributed by atoms with Crippen LogP contribution >= 0.6 is 11.6 Å². The summed E-state index contributed by atoms with van der Waals surface area (Å²) in [6, 6.07) is 6.55. The summed E-state index contributed by atoms with van der Waals surface area (Å²) >= 11 is 5.93. The highest BCUT2D eigenvalue weighted by molar-refractivity contribution is 6.30. The molecule has 3 unspecified atom stereocenters. The molecule has 1 aromatic carbocycles. The third-order valence-corrected chi connectivity index (χ3v) is 14.0. The van der Waals surface area contributed by atoms with Crippen LogP contribution in [0.2, 0.25) is 5.02 Å². The van der Waals surface area contributed by atoms with Gasteiger partial charge in [0, 0.05) is 31.0 Å². The minimum atomic E-state index is -0.635. The quantitative estimate of drug-likeness (QED) is 0.0960. The molecule has 0 saturated heterocycles. The number of ether oxygens (including phenoxy) is 1. The molecule has 3 fully saturated rings. The van der Waals surface area contributed by atoms with Crippen molar-refractivity contribution >= 4 is 29.7 Å². The van der Waals surface area contributed by atoms with Gasteiger partial charge >= 0.3 is 0 Å². The zero-order chi connectivity index (χ0) is 35.9. The van der Waals surface area contributed by atoms with E-state index >= 15 is 0 Å². The molecule has 7 heteroatoms.